The summed E-state index contributed by atoms with van der Waals surface area (Å²) in [6.45, 7) is 8.95. The van der Waals surface area contributed by atoms with Crippen LogP contribution in [-0.4, -0.2) is 61.2 Å². The van der Waals surface area contributed by atoms with Crippen molar-refractivity contribution in [1.29, 1.82) is 0 Å². The maximum Gasteiger partial charge on any atom is 0.327 e. The van der Waals surface area contributed by atoms with Crippen LogP contribution in [0.1, 0.15) is 17.5 Å². The first-order valence-corrected chi connectivity index (χ1v) is 12.6. The normalized spacial score (nSPS) is 19.5. The first kappa shape index (κ1) is 22.1. The fourth-order valence-corrected chi connectivity index (χ4v) is 5.50. The number of aryl methyl sites for hydroxylation is 1. The number of rotatable bonds is 4. The predicted octanol–water partition coefficient (Wildman–Crippen LogP) is 4.09. The third-order valence-electron chi connectivity index (χ3n) is 7.28. The summed E-state index contributed by atoms with van der Waals surface area (Å²) in [6.07, 6.45) is 0.951. The van der Waals surface area contributed by atoms with Gasteiger partial charge < -0.3 is 15.5 Å². The zero-order valence-corrected chi connectivity index (χ0v) is 20.2. The lowest BCUT2D eigenvalue weighted by Crippen LogP contribution is -2.48. The van der Waals surface area contributed by atoms with Gasteiger partial charge in [-0.3, -0.25) is 9.80 Å². The monoisotopic (exact) mass is 468 g/mol. The molecule has 3 aliphatic heterocycles. The van der Waals surface area contributed by atoms with Gasteiger partial charge in [0.2, 0.25) is 0 Å². The molecule has 7 nitrogen and oxygen atoms in total. The Kier molecular flexibility index (Phi) is 5.88. The minimum absolute atomic E-state index is 0.106. The molecule has 2 fully saturated rings. The van der Waals surface area contributed by atoms with Crippen molar-refractivity contribution in [3.8, 4) is 11.3 Å². The zero-order valence-electron chi connectivity index (χ0n) is 20.2. The van der Waals surface area contributed by atoms with E-state index < -0.39 is 0 Å². The second-order valence-electron chi connectivity index (χ2n) is 9.82. The van der Waals surface area contributed by atoms with E-state index in [0.717, 1.165) is 80.7 Å². The van der Waals surface area contributed by atoms with E-state index in [1.54, 1.807) is 0 Å². The van der Waals surface area contributed by atoms with Gasteiger partial charge in [-0.1, -0.05) is 35.9 Å². The van der Waals surface area contributed by atoms with Gasteiger partial charge in [-0.2, -0.15) is 0 Å². The number of hydrogen-bond acceptors (Lipinski definition) is 5. The molecule has 2 aromatic carbocycles. The van der Waals surface area contributed by atoms with Gasteiger partial charge in [-0.25, -0.2) is 9.78 Å². The number of nitrogens with one attached hydrogen (secondary N) is 2. The Hall–Kier alpha value is -3.42. The molecule has 7 heteroatoms. The van der Waals surface area contributed by atoms with Crippen molar-refractivity contribution in [3.63, 3.8) is 0 Å². The molecule has 0 spiro atoms. The molecule has 0 radical (unpaired) electrons. The Labute approximate surface area is 206 Å². The largest absolute Gasteiger partial charge is 0.366 e. The molecule has 1 atom stereocenters. The number of carbonyl (C=O) groups is 1. The lowest BCUT2D eigenvalue weighted by atomic mass is 10.1. The minimum atomic E-state index is -0.106. The summed E-state index contributed by atoms with van der Waals surface area (Å²) in [4.78, 5) is 25.4. The Morgan fingerprint density at radius 3 is 2.77 bits per heavy atom. The summed E-state index contributed by atoms with van der Waals surface area (Å²) >= 11 is 0. The number of fused-ring (bicyclic) bond motifs is 4. The molecule has 2 N–H and O–H groups in total. The van der Waals surface area contributed by atoms with Crippen LogP contribution in [-0.2, 0) is 6.54 Å². The highest BCUT2D eigenvalue weighted by Gasteiger charge is 2.40. The van der Waals surface area contributed by atoms with Crippen molar-refractivity contribution in [2.75, 3.05) is 54.4 Å². The van der Waals surface area contributed by atoms with Crippen LogP contribution < -0.4 is 20.4 Å². The van der Waals surface area contributed by atoms with Crippen molar-refractivity contribution in [3.05, 3.63) is 71.8 Å². The fourth-order valence-electron chi connectivity index (χ4n) is 5.50. The van der Waals surface area contributed by atoms with Crippen molar-refractivity contribution in [1.82, 2.24) is 15.2 Å². The van der Waals surface area contributed by atoms with E-state index in [0.29, 0.717) is 0 Å². The lowest BCUT2D eigenvalue weighted by molar-refractivity contribution is 0.233. The van der Waals surface area contributed by atoms with Crippen LogP contribution in [0.15, 0.2) is 60.7 Å². The van der Waals surface area contributed by atoms with E-state index in [9.17, 15) is 4.79 Å². The molecule has 4 heterocycles. The number of hydrogen-bond donors (Lipinski definition) is 2. The number of anilines is 3. The summed E-state index contributed by atoms with van der Waals surface area (Å²) < 4.78 is 0. The van der Waals surface area contributed by atoms with Crippen LogP contribution in [0.3, 0.4) is 0 Å². The quantitative estimate of drug-likeness (QED) is 0.604. The molecule has 0 unspecified atom stereocenters. The maximum absolute atomic E-state index is 13.7. The predicted molar refractivity (Wildman–Crippen MR) is 141 cm³/mol. The average Bonchev–Trinajstić information content (AvgIpc) is 3.29. The van der Waals surface area contributed by atoms with Gasteiger partial charge in [-0.05, 0) is 49.2 Å². The molecule has 2 bridgehead atoms. The SMILES string of the molecule is Cc1cccc(-c2ccc3c(n2)N(C(=O)Nc2cccc(CN4CCNCC4)c2)[C@H]2CCN3C2)c1. The Morgan fingerprint density at radius 2 is 1.91 bits per heavy atom. The molecule has 35 heavy (non-hydrogen) atoms. The van der Waals surface area contributed by atoms with E-state index in [-0.39, 0.29) is 12.1 Å². The number of benzene rings is 2. The molecule has 3 aliphatic rings. The highest BCUT2D eigenvalue weighted by Crippen LogP contribution is 2.40. The smallest absolute Gasteiger partial charge is 0.327 e. The summed E-state index contributed by atoms with van der Waals surface area (Å²) in [5.74, 6) is 0.757. The zero-order chi connectivity index (χ0) is 23.8. The van der Waals surface area contributed by atoms with Gasteiger partial charge in [0, 0.05) is 57.1 Å². The van der Waals surface area contributed by atoms with Gasteiger partial charge in [0.1, 0.15) is 0 Å². The number of amides is 2. The molecule has 2 amide bonds. The Bertz CT molecular complexity index is 1240. The van der Waals surface area contributed by atoms with Gasteiger partial charge in [-0.15, -0.1) is 0 Å². The molecule has 0 saturated carbocycles. The Balaban J connectivity index is 1.26. The summed E-state index contributed by atoms with van der Waals surface area (Å²) in [6, 6.07) is 20.8. The van der Waals surface area contributed by atoms with Crippen molar-refractivity contribution in [2.45, 2.75) is 25.9 Å². The molecule has 1 aromatic heterocycles. The lowest BCUT2D eigenvalue weighted by Gasteiger charge is -2.36. The van der Waals surface area contributed by atoms with E-state index >= 15 is 0 Å². The van der Waals surface area contributed by atoms with Gasteiger partial charge in [0.05, 0.1) is 17.4 Å². The van der Waals surface area contributed by atoms with Crippen LogP contribution in [0, 0.1) is 6.92 Å². The number of pyridine rings is 1. The Morgan fingerprint density at radius 1 is 1.06 bits per heavy atom. The van der Waals surface area contributed by atoms with Crippen LogP contribution in [0.25, 0.3) is 11.3 Å². The number of aromatic nitrogens is 1. The summed E-state index contributed by atoms with van der Waals surface area (Å²) in [7, 11) is 0. The molecule has 2 saturated heterocycles. The van der Waals surface area contributed by atoms with E-state index in [1.165, 1.54) is 11.1 Å². The molecular weight excluding hydrogens is 436 g/mol. The third kappa shape index (κ3) is 4.49. The number of piperazine rings is 1. The average molecular weight is 469 g/mol. The first-order chi connectivity index (χ1) is 17.1. The first-order valence-electron chi connectivity index (χ1n) is 12.6. The van der Waals surface area contributed by atoms with E-state index in [4.69, 9.17) is 4.98 Å². The minimum Gasteiger partial charge on any atom is -0.366 e. The molecule has 180 valence electrons. The van der Waals surface area contributed by atoms with Crippen LogP contribution in [0.2, 0.25) is 0 Å². The second-order valence-corrected chi connectivity index (χ2v) is 9.82. The molecule has 0 aliphatic carbocycles. The van der Waals surface area contributed by atoms with Crippen molar-refractivity contribution in [2.24, 2.45) is 0 Å². The van der Waals surface area contributed by atoms with Crippen molar-refractivity contribution < 1.29 is 4.79 Å². The third-order valence-corrected chi connectivity index (χ3v) is 7.28. The summed E-state index contributed by atoms with van der Waals surface area (Å²) in [5, 5.41) is 6.58. The number of nitrogens with zero attached hydrogens (tertiary/aromatic N) is 4. The van der Waals surface area contributed by atoms with Crippen LogP contribution in [0.5, 0.6) is 0 Å². The van der Waals surface area contributed by atoms with Crippen molar-refractivity contribution >= 4 is 23.2 Å². The molecule has 3 aromatic rings. The van der Waals surface area contributed by atoms with Crippen LogP contribution >= 0.6 is 0 Å². The topological polar surface area (TPSA) is 63.7 Å². The van der Waals surface area contributed by atoms with Gasteiger partial charge in [0.25, 0.3) is 0 Å². The van der Waals surface area contributed by atoms with E-state index in [2.05, 4.69) is 75.9 Å². The van der Waals surface area contributed by atoms with Crippen LogP contribution in [0.4, 0.5) is 22.0 Å². The maximum atomic E-state index is 13.7. The highest BCUT2D eigenvalue weighted by molar-refractivity contribution is 6.04. The van der Waals surface area contributed by atoms with Gasteiger partial charge in [0.15, 0.2) is 5.82 Å². The fraction of sp³-hybridized carbons (Fsp3) is 0.357. The van der Waals surface area contributed by atoms with E-state index in [1.807, 2.05) is 17.0 Å². The molecular formula is C28H32N6O. The summed E-state index contributed by atoms with van der Waals surface area (Å²) in [5.41, 5.74) is 6.25. The van der Waals surface area contributed by atoms with Gasteiger partial charge >= 0.3 is 6.03 Å². The number of carbonyl (C=O) groups excluding carboxylic acids is 1. The number of urea groups is 1. The standard InChI is InChI=1S/C28H32N6O/c1-20-4-2-6-22(16-20)25-8-9-26-27(31-25)34(24-10-13-33(26)19-24)28(35)30-23-7-3-5-21(17-23)18-32-14-11-29-12-15-32/h2-9,16-17,24,29H,10-15,18-19H2,1H3,(H,30,35)/t24-/m0/s1. The second kappa shape index (κ2) is 9.32. The molecule has 6 rings (SSSR count). The highest BCUT2D eigenvalue weighted by atomic mass is 16.2.